The minimum absolute atomic E-state index is 0.204. The van der Waals surface area contributed by atoms with Crippen molar-refractivity contribution in [2.45, 2.75) is 6.92 Å². The number of fused-ring (bicyclic) bond motifs is 1. The van der Waals surface area contributed by atoms with Gasteiger partial charge in [-0.2, -0.15) is 0 Å². The van der Waals surface area contributed by atoms with E-state index < -0.39 is 0 Å². The Kier molecular flexibility index (Phi) is 3.96. The zero-order valence-electron chi connectivity index (χ0n) is 12.4. The maximum absolute atomic E-state index is 14.8. The van der Waals surface area contributed by atoms with E-state index in [9.17, 15) is 4.39 Å². The molecule has 0 unspecified atom stereocenters. The number of hydrogen-bond acceptors (Lipinski definition) is 2. The Morgan fingerprint density at radius 1 is 1.09 bits per heavy atom. The van der Waals surface area contributed by atoms with E-state index in [2.05, 4.69) is 6.58 Å². The molecule has 2 aromatic rings. The van der Waals surface area contributed by atoms with E-state index in [1.807, 2.05) is 37.3 Å². The van der Waals surface area contributed by atoms with Crippen LogP contribution < -0.4 is 9.47 Å². The summed E-state index contributed by atoms with van der Waals surface area (Å²) in [5.41, 5.74) is 3.42. The molecule has 1 aliphatic heterocycles. The highest BCUT2D eigenvalue weighted by atomic mass is 19.1. The van der Waals surface area contributed by atoms with Crippen molar-refractivity contribution in [2.75, 3.05) is 13.2 Å². The first kappa shape index (κ1) is 14.4. The summed E-state index contributed by atoms with van der Waals surface area (Å²) in [7, 11) is 0. The van der Waals surface area contributed by atoms with Gasteiger partial charge in [-0.3, -0.25) is 0 Å². The lowest BCUT2D eigenvalue weighted by molar-refractivity contribution is 0.164. The van der Waals surface area contributed by atoms with Crippen LogP contribution in [0.2, 0.25) is 0 Å². The lowest BCUT2D eigenvalue weighted by Gasteiger charge is -2.20. The van der Waals surface area contributed by atoms with Crippen molar-refractivity contribution in [3.8, 4) is 22.6 Å². The number of benzene rings is 2. The molecule has 0 aromatic heterocycles. The lowest BCUT2D eigenvalue weighted by Crippen LogP contribution is -2.16. The van der Waals surface area contributed by atoms with Gasteiger partial charge in [0.2, 0.25) is 0 Å². The predicted octanol–water partition coefficient (Wildman–Crippen LogP) is 4.77. The van der Waals surface area contributed by atoms with Crippen LogP contribution in [0.5, 0.6) is 11.5 Å². The fraction of sp³-hybridized carbons (Fsp3) is 0.158. The number of hydrogen-bond donors (Lipinski definition) is 0. The van der Waals surface area contributed by atoms with E-state index in [-0.39, 0.29) is 11.6 Å². The van der Waals surface area contributed by atoms with Crippen LogP contribution in [0.4, 0.5) is 4.39 Å². The molecule has 3 heteroatoms. The number of rotatable bonds is 3. The number of halogens is 1. The first-order chi connectivity index (χ1) is 10.7. The van der Waals surface area contributed by atoms with Crippen molar-refractivity contribution in [3.05, 3.63) is 66.0 Å². The maximum Gasteiger partial charge on any atom is 0.197 e. The van der Waals surface area contributed by atoms with Gasteiger partial charge in [0, 0.05) is 5.56 Å². The van der Waals surface area contributed by atoms with Gasteiger partial charge in [0.1, 0.15) is 13.2 Å². The fourth-order valence-corrected chi connectivity index (χ4v) is 2.59. The highest BCUT2D eigenvalue weighted by molar-refractivity contribution is 5.75. The molecule has 0 N–H and O–H groups in total. The molecule has 0 amide bonds. The third-order valence-corrected chi connectivity index (χ3v) is 3.73. The van der Waals surface area contributed by atoms with E-state index in [0.717, 1.165) is 16.7 Å². The molecule has 0 atom stereocenters. The Labute approximate surface area is 129 Å². The predicted molar refractivity (Wildman–Crippen MR) is 86.8 cm³/mol. The molecular formula is C19H17FO2. The van der Waals surface area contributed by atoms with Crippen LogP contribution in [0.1, 0.15) is 11.1 Å². The van der Waals surface area contributed by atoms with Crippen molar-refractivity contribution in [3.63, 3.8) is 0 Å². The van der Waals surface area contributed by atoms with Crippen molar-refractivity contribution >= 4 is 6.08 Å². The van der Waals surface area contributed by atoms with Crippen molar-refractivity contribution in [1.29, 1.82) is 0 Å². The first-order valence-corrected chi connectivity index (χ1v) is 7.19. The highest BCUT2D eigenvalue weighted by Crippen LogP contribution is 2.39. The topological polar surface area (TPSA) is 18.5 Å². The van der Waals surface area contributed by atoms with Gasteiger partial charge in [0.25, 0.3) is 0 Å². The van der Waals surface area contributed by atoms with E-state index >= 15 is 0 Å². The summed E-state index contributed by atoms with van der Waals surface area (Å²) >= 11 is 0. The number of allylic oxidation sites excluding steroid dienone is 2. The summed E-state index contributed by atoms with van der Waals surface area (Å²) in [5.74, 6) is 0.299. The molecule has 1 heterocycles. The Hall–Kier alpha value is -2.55. The third-order valence-electron chi connectivity index (χ3n) is 3.73. The Bertz CT molecular complexity index is 747. The molecular weight excluding hydrogens is 279 g/mol. The van der Waals surface area contributed by atoms with Gasteiger partial charge in [-0.05, 0) is 35.7 Å². The summed E-state index contributed by atoms with van der Waals surface area (Å²) < 4.78 is 25.6. The fourth-order valence-electron chi connectivity index (χ4n) is 2.59. The molecule has 2 nitrogen and oxygen atoms in total. The molecule has 0 spiro atoms. The monoisotopic (exact) mass is 296 g/mol. The van der Waals surface area contributed by atoms with Gasteiger partial charge in [-0.15, -0.1) is 0 Å². The standard InChI is InChI=1S/C19H17FO2/c1-3-4-6-14-7-5-8-15(13(14)2)16-9-10-17-19(18(16)20)22-12-11-21-17/h3-10H,1,11-12H2,2H3/b6-4+. The van der Waals surface area contributed by atoms with Crippen LogP contribution in [0.15, 0.2) is 49.1 Å². The zero-order chi connectivity index (χ0) is 15.5. The van der Waals surface area contributed by atoms with Gasteiger partial charge < -0.3 is 9.47 Å². The van der Waals surface area contributed by atoms with Crippen molar-refractivity contribution < 1.29 is 13.9 Å². The lowest BCUT2D eigenvalue weighted by atomic mass is 9.95. The second kappa shape index (κ2) is 6.06. The Morgan fingerprint density at radius 3 is 2.73 bits per heavy atom. The third kappa shape index (κ3) is 2.50. The van der Waals surface area contributed by atoms with Gasteiger partial charge in [-0.1, -0.05) is 43.0 Å². The second-order valence-electron chi connectivity index (χ2n) is 5.07. The van der Waals surface area contributed by atoms with E-state index in [1.54, 1.807) is 18.2 Å². The van der Waals surface area contributed by atoms with Gasteiger partial charge in [0.15, 0.2) is 17.3 Å². The summed E-state index contributed by atoms with van der Waals surface area (Å²) in [4.78, 5) is 0. The molecule has 0 saturated carbocycles. The molecule has 0 radical (unpaired) electrons. The highest BCUT2D eigenvalue weighted by Gasteiger charge is 2.21. The van der Waals surface area contributed by atoms with Crippen LogP contribution in [-0.2, 0) is 0 Å². The smallest absolute Gasteiger partial charge is 0.197 e. The van der Waals surface area contributed by atoms with Crippen molar-refractivity contribution in [1.82, 2.24) is 0 Å². The molecule has 0 fully saturated rings. The van der Waals surface area contributed by atoms with Crippen LogP contribution in [0.25, 0.3) is 17.2 Å². The zero-order valence-corrected chi connectivity index (χ0v) is 12.4. The molecule has 22 heavy (non-hydrogen) atoms. The summed E-state index contributed by atoms with van der Waals surface area (Å²) in [6.07, 6.45) is 5.55. The Morgan fingerprint density at radius 2 is 1.91 bits per heavy atom. The molecule has 0 bridgehead atoms. The molecule has 2 aromatic carbocycles. The largest absolute Gasteiger partial charge is 0.486 e. The second-order valence-corrected chi connectivity index (χ2v) is 5.07. The average Bonchev–Trinajstić information content (AvgIpc) is 2.55. The molecule has 0 aliphatic carbocycles. The van der Waals surface area contributed by atoms with E-state index in [0.29, 0.717) is 24.5 Å². The maximum atomic E-state index is 14.8. The van der Waals surface area contributed by atoms with Gasteiger partial charge in [-0.25, -0.2) is 4.39 Å². The van der Waals surface area contributed by atoms with Crippen LogP contribution >= 0.6 is 0 Å². The summed E-state index contributed by atoms with van der Waals surface area (Å²) in [6, 6.07) is 9.33. The van der Waals surface area contributed by atoms with Gasteiger partial charge >= 0.3 is 0 Å². The minimum atomic E-state index is -0.370. The quantitative estimate of drug-likeness (QED) is 0.759. The SMILES string of the molecule is C=C/C=C/c1cccc(-c2ccc3c(c2F)OCCO3)c1C. The molecule has 3 rings (SSSR count). The minimum Gasteiger partial charge on any atom is -0.486 e. The first-order valence-electron chi connectivity index (χ1n) is 7.19. The van der Waals surface area contributed by atoms with Crippen LogP contribution in [0, 0.1) is 12.7 Å². The van der Waals surface area contributed by atoms with Crippen LogP contribution in [-0.4, -0.2) is 13.2 Å². The van der Waals surface area contributed by atoms with E-state index in [4.69, 9.17) is 9.47 Å². The van der Waals surface area contributed by atoms with Crippen molar-refractivity contribution in [2.24, 2.45) is 0 Å². The van der Waals surface area contributed by atoms with Gasteiger partial charge in [0.05, 0.1) is 0 Å². The molecule has 112 valence electrons. The summed E-state index contributed by atoms with van der Waals surface area (Å²) in [5, 5.41) is 0. The normalized spacial score (nSPS) is 13.4. The Balaban J connectivity index is 2.12. The van der Waals surface area contributed by atoms with E-state index in [1.165, 1.54) is 0 Å². The van der Waals surface area contributed by atoms with Crippen LogP contribution in [0.3, 0.4) is 0 Å². The molecule has 0 saturated heterocycles. The average molecular weight is 296 g/mol. The molecule has 1 aliphatic rings. The number of ether oxygens (including phenoxy) is 2. The summed E-state index contributed by atoms with van der Waals surface area (Å²) in [6.45, 7) is 6.47.